The molecule has 0 aliphatic rings. The Bertz CT molecular complexity index is 615. The van der Waals surface area contributed by atoms with Crippen LogP contribution in [0.25, 0.3) is 0 Å². The van der Waals surface area contributed by atoms with E-state index in [9.17, 15) is 4.79 Å². The van der Waals surface area contributed by atoms with E-state index in [1.165, 1.54) is 0 Å². The van der Waals surface area contributed by atoms with E-state index < -0.39 is 5.91 Å². The highest BCUT2D eigenvalue weighted by atomic mass is 35.5. The number of hydrogen-bond acceptors (Lipinski definition) is 4. The molecule has 1 aromatic heterocycles. The van der Waals surface area contributed by atoms with Gasteiger partial charge in [-0.1, -0.05) is 11.6 Å². The van der Waals surface area contributed by atoms with Crippen LogP contribution in [-0.4, -0.2) is 15.9 Å². The summed E-state index contributed by atoms with van der Waals surface area (Å²) in [5.74, 6) is 0.217. The summed E-state index contributed by atoms with van der Waals surface area (Å²) in [6, 6.07) is 6.66. The van der Waals surface area contributed by atoms with E-state index in [1.54, 1.807) is 24.4 Å². The fraction of sp³-hybridized carbons (Fsp3) is 0.154. The van der Waals surface area contributed by atoms with Crippen LogP contribution >= 0.6 is 11.6 Å². The molecule has 2 rings (SSSR count). The van der Waals surface area contributed by atoms with Crippen molar-refractivity contribution in [2.75, 3.05) is 5.32 Å². The molecule has 0 bridgehead atoms. The highest BCUT2D eigenvalue weighted by molar-refractivity contribution is 6.33. The monoisotopic (exact) mass is 276 g/mol. The topological polar surface area (TPSA) is 80.9 Å². The smallest absolute Gasteiger partial charge is 0.248 e. The quantitative estimate of drug-likeness (QED) is 0.896. The third-order valence-electron chi connectivity index (χ3n) is 2.54. The minimum absolute atomic E-state index is 0.408. The second-order valence-electron chi connectivity index (χ2n) is 4.01. The van der Waals surface area contributed by atoms with Gasteiger partial charge in [0.25, 0.3) is 0 Å². The fourth-order valence-corrected chi connectivity index (χ4v) is 1.79. The number of benzene rings is 1. The number of rotatable bonds is 4. The van der Waals surface area contributed by atoms with Crippen molar-refractivity contribution in [3.05, 3.63) is 52.6 Å². The maximum Gasteiger partial charge on any atom is 0.248 e. The van der Waals surface area contributed by atoms with Gasteiger partial charge in [-0.15, -0.1) is 0 Å². The Labute approximate surface area is 115 Å². The first kappa shape index (κ1) is 13.3. The Morgan fingerprint density at radius 2 is 2.21 bits per heavy atom. The number of aromatic nitrogens is 2. The minimum Gasteiger partial charge on any atom is -0.378 e. The molecule has 6 heteroatoms. The summed E-state index contributed by atoms with van der Waals surface area (Å²) < 4.78 is 0. The summed E-state index contributed by atoms with van der Waals surface area (Å²) >= 11 is 6.05. The van der Waals surface area contributed by atoms with Gasteiger partial charge in [-0.25, -0.2) is 9.97 Å². The molecule has 1 aromatic carbocycles. The van der Waals surface area contributed by atoms with Crippen molar-refractivity contribution in [3.8, 4) is 0 Å². The van der Waals surface area contributed by atoms with E-state index in [-0.39, 0.29) is 0 Å². The van der Waals surface area contributed by atoms with Crippen molar-refractivity contribution in [1.82, 2.24) is 9.97 Å². The van der Waals surface area contributed by atoms with Gasteiger partial charge in [0.2, 0.25) is 5.91 Å². The highest BCUT2D eigenvalue weighted by Crippen LogP contribution is 2.23. The number of aryl methyl sites for hydroxylation is 1. The number of carbonyl (C=O) groups is 1. The molecule has 5 nitrogen and oxygen atoms in total. The third-order valence-corrected chi connectivity index (χ3v) is 2.87. The maximum absolute atomic E-state index is 11.1. The van der Waals surface area contributed by atoms with E-state index in [2.05, 4.69) is 15.3 Å². The lowest BCUT2D eigenvalue weighted by molar-refractivity contribution is 0.100. The van der Waals surface area contributed by atoms with Crippen LogP contribution in [-0.2, 0) is 6.54 Å². The lowest BCUT2D eigenvalue weighted by Gasteiger charge is -2.09. The molecule has 2 aromatic rings. The summed E-state index contributed by atoms with van der Waals surface area (Å²) in [6.07, 6.45) is 1.70. The van der Waals surface area contributed by atoms with Crippen LogP contribution < -0.4 is 11.1 Å². The van der Waals surface area contributed by atoms with Crippen LogP contribution in [0.4, 0.5) is 5.69 Å². The molecule has 0 unspecified atom stereocenters. The molecule has 1 heterocycles. The molecule has 0 saturated heterocycles. The number of halogens is 1. The molecule has 0 aliphatic carbocycles. The number of carbonyl (C=O) groups excluding carboxylic acids is 1. The van der Waals surface area contributed by atoms with Crippen molar-refractivity contribution in [3.63, 3.8) is 0 Å². The number of anilines is 1. The average molecular weight is 277 g/mol. The molecule has 0 atom stereocenters. The van der Waals surface area contributed by atoms with Gasteiger partial charge in [0.15, 0.2) is 0 Å². The van der Waals surface area contributed by atoms with Crippen molar-refractivity contribution in [2.24, 2.45) is 5.73 Å². The van der Waals surface area contributed by atoms with E-state index in [4.69, 9.17) is 17.3 Å². The minimum atomic E-state index is -0.488. The SMILES string of the molecule is Cc1nccc(CNc2cc(C(N)=O)ccc2Cl)n1. The zero-order valence-electron chi connectivity index (χ0n) is 10.4. The van der Waals surface area contributed by atoms with E-state index in [0.29, 0.717) is 28.6 Å². The Hall–Kier alpha value is -2.14. The molecule has 3 N–H and O–H groups in total. The molecule has 19 heavy (non-hydrogen) atoms. The van der Waals surface area contributed by atoms with Gasteiger partial charge in [-0.3, -0.25) is 4.79 Å². The second-order valence-corrected chi connectivity index (χ2v) is 4.41. The van der Waals surface area contributed by atoms with Crippen molar-refractivity contribution in [1.29, 1.82) is 0 Å². The number of amides is 1. The summed E-state index contributed by atoms with van der Waals surface area (Å²) in [4.78, 5) is 19.4. The number of nitrogens with zero attached hydrogens (tertiary/aromatic N) is 2. The number of hydrogen-bond donors (Lipinski definition) is 2. The molecule has 0 aliphatic heterocycles. The lowest BCUT2D eigenvalue weighted by atomic mass is 10.2. The fourth-order valence-electron chi connectivity index (χ4n) is 1.60. The van der Waals surface area contributed by atoms with Crippen molar-refractivity contribution >= 4 is 23.2 Å². The van der Waals surface area contributed by atoms with Gasteiger partial charge < -0.3 is 11.1 Å². The Morgan fingerprint density at radius 3 is 2.89 bits per heavy atom. The number of nitrogens with two attached hydrogens (primary N) is 1. The zero-order valence-corrected chi connectivity index (χ0v) is 11.1. The van der Waals surface area contributed by atoms with E-state index >= 15 is 0 Å². The van der Waals surface area contributed by atoms with Gasteiger partial charge >= 0.3 is 0 Å². The van der Waals surface area contributed by atoms with Gasteiger partial charge in [-0.2, -0.15) is 0 Å². The predicted octanol–water partition coefficient (Wildman–Crippen LogP) is 2.15. The summed E-state index contributed by atoms with van der Waals surface area (Å²) in [6.45, 7) is 2.31. The predicted molar refractivity (Wildman–Crippen MR) is 74.1 cm³/mol. The van der Waals surface area contributed by atoms with Crippen LogP contribution in [0, 0.1) is 6.92 Å². The third kappa shape index (κ3) is 3.42. The Balaban J connectivity index is 2.15. The van der Waals surface area contributed by atoms with Crippen LogP contribution in [0.5, 0.6) is 0 Å². The van der Waals surface area contributed by atoms with Gasteiger partial charge in [-0.05, 0) is 31.2 Å². The second kappa shape index (κ2) is 5.67. The molecular formula is C13H13ClN4O. The first-order chi connectivity index (χ1) is 9.06. The van der Waals surface area contributed by atoms with Gasteiger partial charge in [0.05, 0.1) is 22.9 Å². The number of nitrogens with one attached hydrogen (secondary N) is 1. The van der Waals surface area contributed by atoms with Crippen LogP contribution in [0.3, 0.4) is 0 Å². The van der Waals surface area contributed by atoms with E-state index in [0.717, 1.165) is 5.69 Å². The Morgan fingerprint density at radius 1 is 1.42 bits per heavy atom. The zero-order chi connectivity index (χ0) is 13.8. The summed E-state index contributed by atoms with van der Waals surface area (Å²) in [5.41, 5.74) is 7.13. The summed E-state index contributed by atoms with van der Waals surface area (Å²) in [5, 5.41) is 3.65. The van der Waals surface area contributed by atoms with Crippen LogP contribution in [0.15, 0.2) is 30.5 Å². The van der Waals surface area contributed by atoms with Gasteiger partial charge in [0, 0.05) is 11.8 Å². The first-order valence-corrected chi connectivity index (χ1v) is 6.06. The Kier molecular flexibility index (Phi) is 3.97. The van der Waals surface area contributed by atoms with Gasteiger partial charge in [0.1, 0.15) is 5.82 Å². The molecule has 0 spiro atoms. The average Bonchev–Trinajstić information content (AvgIpc) is 2.37. The van der Waals surface area contributed by atoms with Crippen LogP contribution in [0.2, 0.25) is 5.02 Å². The molecule has 98 valence electrons. The highest BCUT2D eigenvalue weighted by Gasteiger charge is 2.06. The molecule has 0 fully saturated rings. The maximum atomic E-state index is 11.1. The first-order valence-electron chi connectivity index (χ1n) is 5.68. The standard InChI is InChI=1S/C13H13ClN4O/c1-8-16-5-4-10(18-8)7-17-12-6-9(13(15)19)2-3-11(12)14/h2-6,17H,7H2,1H3,(H2,15,19). The van der Waals surface area contributed by atoms with E-state index in [1.807, 2.05) is 13.0 Å². The molecular weight excluding hydrogens is 264 g/mol. The number of primary amides is 1. The molecule has 0 radical (unpaired) electrons. The van der Waals surface area contributed by atoms with Crippen LogP contribution in [0.1, 0.15) is 21.9 Å². The summed E-state index contributed by atoms with van der Waals surface area (Å²) in [7, 11) is 0. The largest absolute Gasteiger partial charge is 0.378 e. The van der Waals surface area contributed by atoms with Crippen molar-refractivity contribution < 1.29 is 4.79 Å². The lowest BCUT2D eigenvalue weighted by Crippen LogP contribution is -2.11. The van der Waals surface area contributed by atoms with Crippen molar-refractivity contribution in [2.45, 2.75) is 13.5 Å². The molecule has 0 saturated carbocycles. The normalized spacial score (nSPS) is 10.2. The molecule has 1 amide bonds.